The Bertz CT molecular complexity index is 360. The van der Waals surface area contributed by atoms with Crippen molar-refractivity contribution in [1.29, 1.82) is 0 Å². The molecule has 0 saturated carbocycles. The summed E-state index contributed by atoms with van der Waals surface area (Å²) in [6.45, 7) is 5.59. The number of halogens is 3. The fourth-order valence-corrected chi connectivity index (χ4v) is 1.01. The van der Waals surface area contributed by atoms with E-state index in [-0.39, 0.29) is 11.3 Å². The third-order valence-corrected chi connectivity index (χ3v) is 1.71. The average molecular weight is 217 g/mol. The Morgan fingerprint density at radius 3 is 2.67 bits per heavy atom. The fraction of sp³-hybridized carbons (Fsp3) is 0.300. The van der Waals surface area contributed by atoms with Gasteiger partial charge in [-0.3, -0.25) is 4.98 Å². The molecule has 0 bridgehead atoms. The van der Waals surface area contributed by atoms with Crippen LogP contribution >= 0.6 is 0 Å². The first-order valence-electron chi connectivity index (χ1n) is 4.29. The molecule has 2 nitrogen and oxygen atoms in total. The predicted octanol–water partition coefficient (Wildman–Crippen LogP) is 3.11. The number of aromatic nitrogens is 1. The monoisotopic (exact) mass is 217 g/mol. The molecular formula is C10H10F3NO. The van der Waals surface area contributed by atoms with Crippen LogP contribution in [0.5, 0.6) is 0 Å². The molecule has 1 aromatic rings. The van der Waals surface area contributed by atoms with Crippen LogP contribution in [0.3, 0.4) is 0 Å². The number of rotatable bonds is 3. The SMILES string of the molecule is C=C(OCC)c1cncc(C(F)(F)F)c1. The van der Waals surface area contributed by atoms with Crippen molar-refractivity contribution in [1.82, 2.24) is 4.98 Å². The smallest absolute Gasteiger partial charge is 0.417 e. The van der Waals surface area contributed by atoms with Crippen LogP contribution in [-0.2, 0) is 10.9 Å². The molecule has 0 aromatic carbocycles. The highest BCUT2D eigenvalue weighted by Crippen LogP contribution is 2.30. The lowest BCUT2D eigenvalue weighted by molar-refractivity contribution is -0.137. The van der Waals surface area contributed by atoms with E-state index in [2.05, 4.69) is 11.6 Å². The Hall–Kier alpha value is -1.52. The molecule has 1 heterocycles. The highest BCUT2D eigenvalue weighted by molar-refractivity contribution is 5.57. The van der Waals surface area contributed by atoms with Gasteiger partial charge in [0.2, 0.25) is 0 Å². The van der Waals surface area contributed by atoms with Crippen molar-refractivity contribution < 1.29 is 17.9 Å². The molecule has 0 amide bonds. The number of nitrogens with zero attached hydrogens (tertiary/aromatic N) is 1. The minimum Gasteiger partial charge on any atom is -0.494 e. The molecule has 0 saturated heterocycles. The maximum atomic E-state index is 12.3. The van der Waals surface area contributed by atoms with Gasteiger partial charge in [0.1, 0.15) is 5.76 Å². The molecule has 0 unspecified atom stereocenters. The van der Waals surface area contributed by atoms with Crippen molar-refractivity contribution in [3.8, 4) is 0 Å². The van der Waals surface area contributed by atoms with Crippen LogP contribution in [0.1, 0.15) is 18.1 Å². The Morgan fingerprint density at radius 2 is 2.13 bits per heavy atom. The highest BCUT2D eigenvalue weighted by Gasteiger charge is 2.31. The van der Waals surface area contributed by atoms with Crippen LogP contribution in [0.4, 0.5) is 13.2 Å². The van der Waals surface area contributed by atoms with E-state index in [9.17, 15) is 13.2 Å². The normalized spacial score (nSPS) is 11.2. The quantitative estimate of drug-likeness (QED) is 0.726. The molecule has 82 valence electrons. The molecule has 5 heteroatoms. The van der Waals surface area contributed by atoms with E-state index in [0.29, 0.717) is 6.61 Å². The Labute approximate surface area is 85.4 Å². The van der Waals surface area contributed by atoms with Gasteiger partial charge in [0, 0.05) is 18.0 Å². The Morgan fingerprint density at radius 1 is 1.47 bits per heavy atom. The van der Waals surface area contributed by atoms with Crippen molar-refractivity contribution in [2.75, 3.05) is 6.61 Å². The minimum atomic E-state index is -4.39. The van der Waals surface area contributed by atoms with E-state index in [1.807, 2.05) is 0 Å². The van der Waals surface area contributed by atoms with Gasteiger partial charge >= 0.3 is 6.18 Å². The number of alkyl halides is 3. The van der Waals surface area contributed by atoms with Gasteiger partial charge in [0.05, 0.1) is 12.2 Å². The maximum absolute atomic E-state index is 12.3. The number of pyridine rings is 1. The summed E-state index contributed by atoms with van der Waals surface area (Å²) < 4.78 is 41.9. The zero-order valence-electron chi connectivity index (χ0n) is 8.14. The lowest BCUT2D eigenvalue weighted by atomic mass is 10.2. The van der Waals surface area contributed by atoms with Crippen molar-refractivity contribution in [3.63, 3.8) is 0 Å². The summed E-state index contributed by atoms with van der Waals surface area (Å²) >= 11 is 0. The van der Waals surface area contributed by atoms with Gasteiger partial charge in [-0.1, -0.05) is 6.58 Å². The Balaban J connectivity index is 2.98. The van der Waals surface area contributed by atoms with Crippen LogP contribution < -0.4 is 0 Å². The molecule has 1 rings (SSSR count). The zero-order valence-corrected chi connectivity index (χ0v) is 8.14. The van der Waals surface area contributed by atoms with E-state index in [0.717, 1.165) is 12.3 Å². The second kappa shape index (κ2) is 4.33. The summed E-state index contributed by atoms with van der Waals surface area (Å²) in [6.07, 6.45) is -2.34. The molecule has 0 atom stereocenters. The topological polar surface area (TPSA) is 22.1 Å². The number of hydrogen-bond acceptors (Lipinski definition) is 2. The fourth-order valence-electron chi connectivity index (χ4n) is 1.01. The summed E-state index contributed by atoms with van der Waals surface area (Å²) in [5.41, 5.74) is -0.562. The molecule has 0 radical (unpaired) electrons. The van der Waals surface area contributed by atoms with Crippen molar-refractivity contribution in [2.45, 2.75) is 13.1 Å². The van der Waals surface area contributed by atoms with E-state index < -0.39 is 11.7 Å². The summed E-state index contributed by atoms with van der Waals surface area (Å²) in [4.78, 5) is 3.49. The molecule has 1 aromatic heterocycles. The molecular weight excluding hydrogens is 207 g/mol. The van der Waals surface area contributed by atoms with Gasteiger partial charge in [0.15, 0.2) is 0 Å². The molecule has 0 spiro atoms. The third-order valence-electron chi connectivity index (χ3n) is 1.71. The largest absolute Gasteiger partial charge is 0.494 e. The lowest BCUT2D eigenvalue weighted by Crippen LogP contribution is -2.06. The van der Waals surface area contributed by atoms with Crippen LogP contribution in [0.15, 0.2) is 25.0 Å². The minimum absolute atomic E-state index is 0.191. The summed E-state index contributed by atoms with van der Waals surface area (Å²) in [5.74, 6) is 0.191. The van der Waals surface area contributed by atoms with Crippen molar-refractivity contribution in [2.24, 2.45) is 0 Å². The standard InChI is InChI=1S/C10H10F3NO/c1-3-15-7(2)8-4-9(6-14-5-8)10(11,12)13/h4-6H,2-3H2,1H3. The van der Waals surface area contributed by atoms with Crippen molar-refractivity contribution >= 4 is 5.76 Å². The van der Waals surface area contributed by atoms with Gasteiger partial charge < -0.3 is 4.74 Å². The maximum Gasteiger partial charge on any atom is 0.417 e. The molecule has 15 heavy (non-hydrogen) atoms. The van der Waals surface area contributed by atoms with E-state index in [1.165, 1.54) is 6.20 Å². The second-order valence-electron chi connectivity index (χ2n) is 2.82. The van der Waals surface area contributed by atoms with Crippen LogP contribution in [0.25, 0.3) is 5.76 Å². The molecule has 0 fully saturated rings. The molecule has 0 aliphatic heterocycles. The number of hydrogen-bond donors (Lipinski definition) is 0. The predicted molar refractivity (Wildman–Crippen MR) is 49.9 cm³/mol. The first-order chi connectivity index (χ1) is 6.95. The van der Waals surface area contributed by atoms with Gasteiger partial charge in [-0.05, 0) is 13.0 Å². The first kappa shape index (κ1) is 11.6. The van der Waals surface area contributed by atoms with Crippen LogP contribution in [0, 0.1) is 0 Å². The lowest BCUT2D eigenvalue weighted by Gasteiger charge is -2.09. The highest BCUT2D eigenvalue weighted by atomic mass is 19.4. The van der Waals surface area contributed by atoms with E-state index in [1.54, 1.807) is 6.92 Å². The zero-order chi connectivity index (χ0) is 11.5. The summed E-state index contributed by atoms with van der Waals surface area (Å²) in [6, 6.07) is 0.963. The third kappa shape index (κ3) is 2.97. The summed E-state index contributed by atoms with van der Waals surface area (Å²) in [7, 11) is 0. The van der Waals surface area contributed by atoms with Gasteiger partial charge in [0.25, 0.3) is 0 Å². The Kier molecular flexibility index (Phi) is 3.34. The van der Waals surface area contributed by atoms with Gasteiger partial charge in [-0.15, -0.1) is 0 Å². The number of ether oxygens (including phenoxy) is 1. The van der Waals surface area contributed by atoms with Crippen LogP contribution in [-0.4, -0.2) is 11.6 Å². The second-order valence-corrected chi connectivity index (χ2v) is 2.82. The first-order valence-corrected chi connectivity index (χ1v) is 4.29. The van der Waals surface area contributed by atoms with Crippen molar-refractivity contribution in [3.05, 3.63) is 36.2 Å². The van der Waals surface area contributed by atoms with Crippen LogP contribution in [0.2, 0.25) is 0 Å². The van der Waals surface area contributed by atoms with E-state index >= 15 is 0 Å². The van der Waals surface area contributed by atoms with E-state index in [4.69, 9.17) is 4.74 Å². The molecule has 0 aliphatic rings. The molecule has 0 N–H and O–H groups in total. The average Bonchev–Trinajstić information content (AvgIpc) is 2.17. The molecule has 0 aliphatic carbocycles. The summed E-state index contributed by atoms with van der Waals surface area (Å²) in [5, 5.41) is 0. The van der Waals surface area contributed by atoms with Gasteiger partial charge in [-0.2, -0.15) is 13.2 Å². The van der Waals surface area contributed by atoms with Gasteiger partial charge in [-0.25, -0.2) is 0 Å².